The topological polar surface area (TPSA) is 217 Å². The summed E-state index contributed by atoms with van der Waals surface area (Å²) in [5.41, 5.74) is 3.65. The number of aliphatic hydroxyl groups excluding tert-OH is 2. The van der Waals surface area contributed by atoms with E-state index >= 15 is 0 Å². The smallest absolute Gasteiger partial charge is 0.306 e. The largest absolute Gasteiger partial charge is 0.510 e. The summed E-state index contributed by atoms with van der Waals surface area (Å²) in [6.45, 7) is 0. The first kappa shape index (κ1) is 31.4. The number of rotatable bonds is 7. The highest BCUT2D eigenvalue weighted by Gasteiger charge is 2.63. The summed E-state index contributed by atoms with van der Waals surface area (Å²) in [7, 11) is 4.37. The molecule has 7 N–H and O–H groups in total. The van der Waals surface area contributed by atoms with Crippen LogP contribution in [-0.2, 0) is 30.3 Å². The Labute approximate surface area is 257 Å². The zero-order valence-electron chi connectivity index (χ0n) is 24.8. The first-order valence-corrected chi connectivity index (χ1v) is 14.2. The van der Waals surface area contributed by atoms with E-state index in [1.54, 1.807) is 44.4 Å². The average molecular weight is 620 g/mol. The van der Waals surface area contributed by atoms with Crippen LogP contribution in [0.2, 0.25) is 0 Å². The molecule has 4 atom stereocenters. The van der Waals surface area contributed by atoms with Gasteiger partial charge in [0.15, 0.2) is 11.4 Å². The molecule has 13 nitrogen and oxygen atoms in total. The van der Waals surface area contributed by atoms with Gasteiger partial charge in [-0.25, -0.2) is 0 Å². The third-order valence-electron chi connectivity index (χ3n) is 8.87. The highest BCUT2D eigenvalue weighted by molar-refractivity contribution is 6.25. The number of benzene rings is 2. The van der Waals surface area contributed by atoms with E-state index in [1.165, 1.54) is 18.1 Å². The summed E-state index contributed by atoms with van der Waals surface area (Å²) in [5, 5.41) is 47.6. The molecule has 13 heteroatoms. The first-order valence-electron chi connectivity index (χ1n) is 14.2. The fourth-order valence-corrected chi connectivity index (χ4v) is 6.80. The molecule has 2 aromatic carbocycles. The van der Waals surface area contributed by atoms with Crippen LogP contribution in [0.1, 0.15) is 35.2 Å². The van der Waals surface area contributed by atoms with Gasteiger partial charge in [0.2, 0.25) is 11.7 Å². The molecule has 45 heavy (non-hydrogen) atoms. The van der Waals surface area contributed by atoms with Gasteiger partial charge in [0.1, 0.15) is 22.8 Å². The van der Waals surface area contributed by atoms with Gasteiger partial charge in [0.05, 0.1) is 25.1 Å². The number of aromatic hydroxyl groups is 1. The minimum Gasteiger partial charge on any atom is -0.510 e. The Kier molecular flexibility index (Phi) is 8.02. The Bertz CT molecular complexity index is 1710. The fraction of sp³-hybridized carbons (Fsp3) is 0.344. The number of nitrogens with two attached hydrogens (primary N) is 1. The number of esters is 1. The van der Waals surface area contributed by atoms with Crippen LogP contribution in [0, 0.1) is 11.8 Å². The molecule has 3 aliphatic rings. The van der Waals surface area contributed by atoms with E-state index in [1.807, 2.05) is 0 Å². The predicted molar refractivity (Wildman–Crippen MR) is 159 cm³/mol. The van der Waals surface area contributed by atoms with Crippen LogP contribution in [0.25, 0.3) is 11.1 Å². The maximum atomic E-state index is 13.9. The van der Waals surface area contributed by atoms with Crippen LogP contribution in [0.5, 0.6) is 5.75 Å². The molecule has 0 fully saturated rings. The number of anilines is 1. The quantitative estimate of drug-likeness (QED) is 0.194. The highest BCUT2D eigenvalue weighted by Crippen LogP contribution is 2.53. The number of amides is 2. The highest BCUT2D eigenvalue weighted by atomic mass is 16.5. The van der Waals surface area contributed by atoms with E-state index in [-0.39, 0.29) is 48.5 Å². The summed E-state index contributed by atoms with van der Waals surface area (Å²) < 4.78 is 4.55. The molecule has 0 saturated carbocycles. The van der Waals surface area contributed by atoms with E-state index in [0.29, 0.717) is 22.4 Å². The molecule has 0 spiro atoms. The number of carbonyl (C=O) groups excluding carboxylic acids is 5. The lowest BCUT2D eigenvalue weighted by Gasteiger charge is -2.50. The van der Waals surface area contributed by atoms with E-state index in [2.05, 4.69) is 10.1 Å². The van der Waals surface area contributed by atoms with Crippen molar-refractivity contribution in [2.75, 3.05) is 26.5 Å². The zero-order chi connectivity index (χ0) is 33.0. The first-order chi connectivity index (χ1) is 21.2. The van der Waals surface area contributed by atoms with Gasteiger partial charge in [-0.1, -0.05) is 18.2 Å². The molecule has 0 heterocycles. The molecule has 0 unspecified atom stereocenters. The molecule has 3 aliphatic carbocycles. The second-order valence-electron chi connectivity index (χ2n) is 11.7. The number of nitrogens with one attached hydrogen (secondary N) is 1. The van der Waals surface area contributed by atoms with Crippen molar-refractivity contribution in [1.29, 1.82) is 0 Å². The van der Waals surface area contributed by atoms with Gasteiger partial charge in [-0.3, -0.25) is 28.9 Å². The number of fused-ring (bicyclic) bond motifs is 3. The van der Waals surface area contributed by atoms with Crippen molar-refractivity contribution >= 4 is 35.0 Å². The fourth-order valence-electron chi connectivity index (χ4n) is 6.80. The minimum atomic E-state index is -2.71. The second kappa shape index (κ2) is 11.5. The van der Waals surface area contributed by atoms with E-state index < -0.39 is 64.0 Å². The summed E-state index contributed by atoms with van der Waals surface area (Å²) >= 11 is 0. The Balaban J connectivity index is 1.53. The number of carbonyl (C=O) groups is 5. The number of allylic oxidation sites excluding steroid dienone is 1. The van der Waals surface area contributed by atoms with Crippen molar-refractivity contribution < 1.29 is 49.1 Å². The average Bonchev–Trinajstić information content (AvgIpc) is 2.98. The van der Waals surface area contributed by atoms with Crippen LogP contribution in [0.15, 0.2) is 59.1 Å². The Hall–Kier alpha value is -5.01. The number of likely N-dealkylation sites (N-methyl/N-ethyl adjacent to an activating group) is 1. The van der Waals surface area contributed by atoms with Crippen LogP contribution in [-0.4, -0.2) is 87.5 Å². The zero-order valence-corrected chi connectivity index (χ0v) is 24.8. The van der Waals surface area contributed by atoms with Gasteiger partial charge in [-0.05, 0) is 67.7 Å². The van der Waals surface area contributed by atoms with E-state index in [4.69, 9.17) is 5.73 Å². The summed E-state index contributed by atoms with van der Waals surface area (Å²) in [4.78, 5) is 64.5. The van der Waals surface area contributed by atoms with Gasteiger partial charge in [0.25, 0.3) is 5.91 Å². The van der Waals surface area contributed by atoms with E-state index in [9.17, 15) is 44.4 Å². The molecule has 0 radical (unpaired) electrons. The van der Waals surface area contributed by atoms with E-state index in [0.717, 1.165) is 0 Å². The number of ketones is 2. The summed E-state index contributed by atoms with van der Waals surface area (Å²) in [6, 6.07) is 8.60. The number of methoxy groups -OCH3 is 1. The predicted octanol–water partition coefficient (Wildman–Crippen LogP) is 1.68. The van der Waals surface area contributed by atoms with Crippen molar-refractivity contribution in [3.63, 3.8) is 0 Å². The summed E-state index contributed by atoms with van der Waals surface area (Å²) in [5.74, 6) is -8.03. The third-order valence-corrected chi connectivity index (χ3v) is 8.87. The van der Waals surface area contributed by atoms with Crippen LogP contribution >= 0.6 is 0 Å². The van der Waals surface area contributed by atoms with Crippen molar-refractivity contribution in [2.45, 2.75) is 37.3 Å². The lowest BCUT2D eigenvalue weighted by atomic mass is 9.58. The van der Waals surface area contributed by atoms with Gasteiger partial charge in [0, 0.05) is 23.6 Å². The normalized spacial score (nSPS) is 24.2. The monoisotopic (exact) mass is 619 g/mol. The molecular weight excluding hydrogens is 586 g/mol. The molecule has 5 rings (SSSR count). The lowest BCUT2D eigenvalue weighted by Crippen LogP contribution is -2.63. The number of aliphatic hydroxyl groups is 3. The lowest BCUT2D eigenvalue weighted by molar-refractivity contribution is -0.148. The van der Waals surface area contributed by atoms with Crippen molar-refractivity contribution in [1.82, 2.24) is 4.90 Å². The number of primary amides is 1. The standard InChI is InChI=1S/C32H33N3O10/c1-35(2)26-19-13-15-12-18-17(14-4-6-16(7-5-14)34-21(37)10-11-22(38)45-3)8-9-20(36)24(18)27(39)23(15)29(41)32(19,44)30(42)25(28(26)40)31(33)43/h4-9,15,19,26,36,40-41,44H,10-13H2,1-3H3,(H2,33,43)(H,34,37)/t15-,19-,26-,32-/m0/s1. The Morgan fingerprint density at radius 3 is 2.31 bits per heavy atom. The van der Waals surface area contributed by atoms with Gasteiger partial charge >= 0.3 is 5.97 Å². The number of nitrogens with zero attached hydrogens (tertiary/aromatic N) is 1. The number of hydrogen-bond acceptors (Lipinski definition) is 11. The maximum absolute atomic E-state index is 13.9. The van der Waals surface area contributed by atoms with Gasteiger partial charge in [-0.2, -0.15) is 0 Å². The SMILES string of the molecule is COC(=O)CCC(=O)Nc1ccc(-c2ccc(O)c3c2C[C@H]2C[C@H]4[C@H](N(C)C)C(O)=C(C(N)=O)C(=O)[C@@]4(O)C(O)=C2C3=O)cc1. The number of phenols is 1. The number of ether oxygens (including phenoxy) is 1. The Morgan fingerprint density at radius 1 is 1.04 bits per heavy atom. The maximum Gasteiger partial charge on any atom is 0.306 e. The van der Waals surface area contributed by atoms with Crippen LogP contribution in [0.3, 0.4) is 0 Å². The third kappa shape index (κ3) is 5.03. The van der Waals surface area contributed by atoms with Crippen molar-refractivity contribution in [2.24, 2.45) is 17.6 Å². The van der Waals surface area contributed by atoms with Crippen molar-refractivity contribution in [3.05, 3.63) is 70.2 Å². The number of Topliss-reactive ketones (excluding diaryl/α,β-unsaturated/α-hetero) is 2. The minimum absolute atomic E-state index is 0.0304. The Morgan fingerprint density at radius 2 is 1.71 bits per heavy atom. The number of hydrogen-bond donors (Lipinski definition) is 6. The van der Waals surface area contributed by atoms with Crippen LogP contribution in [0.4, 0.5) is 5.69 Å². The van der Waals surface area contributed by atoms with Gasteiger partial charge < -0.3 is 36.2 Å². The molecule has 0 aromatic heterocycles. The van der Waals surface area contributed by atoms with Crippen LogP contribution < -0.4 is 11.1 Å². The molecule has 0 aliphatic heterocycles. The number of phenolic OH excluding ortho intramolecular Hbond substituents is 1. The molecule has 2 amide bonds. The summed E-state index contributed by atoms with van der Waals surface area (Å²) in [6.07, 6.45) is -0.0211. The molecule has 2 aromatic rings. The molecule has 0 bridgehead atoms. The molecule has 0 saturated heterocycles. The molecular formula is C32H33N3O10. The van der Waals surface area contributed by atoms with Gasteiger partial charge in [-0.15, -0.1) is 0 Å². The molecule has 236 valence electrons. The van der Waals surface area contributed by atoms with Crippen molar-refractivity contribution in [3.8, 4) is 16.9 Å². The second-order valence-corrected chi connectivity index (χ2v) is 11.7.